The standard InChI is InChI=1S/C13H18O5S/c14-6-9-10(15)11(16)12(17)13(18-9)19-7-8-4-2-1-3-5-8/h1-5,9-17H,6-7H2/t9?,10-,11+,12?,13+/m1/s1. The van der Waals surface area contributed by atoms with Crippen molar-refractivity contribution in [3.8, 4) is 0 Å². The van der Waals surface area contributed by atoms with E-state index in [0.717, 1.165) is 5.56 Å². The van der Waals surface area contributed by atoms with Gasteiger partial charge in [-0.1, -0.05) is 30.3 Å². The molecule has 19 heavy (non-hydrogen) atoms. The minimum atomic E-state index is -1.31. The summed E-state index contributed by atoms with van der Waals surface area (Å²) < 4.78 is 5.41. The van der Waals surface area contributed by atoms with Crippen LogP contribution in [0.3, 0.4) is 0 Å². The van der Waals surface area contributed by atoms with Crippen LogP contribution in [0.15, 0.2) is 30.3 Å². The summed E-state index contributed by atoms with van der Waals surface area (Å²) in [6.45, 7) is -0.395. The van der Waals surface area contributed by atoms with Crippen LogP contribution in [0.1, 0.15) is 5.56 Å². The SMILES string of the molecule is OCC1O[C@@H](SCc2ccccc2)C(O)[C@@H](O)[C@@H]1O. The van der Waals surface area contributed by atoms with Gasteiger partial charge in [-0.2, -0.15) is 0 Å². The fourth-order valence-electron chi connectivity index (χ4n) is 1.96. The molecule has 2 rings (SSSR count). The molecule has 0 aliphatic carbocycles. The van der Waals surface area contributed by atoms with Crippen LogP contribution >= 0.6 is 11.8 Å². The first-order chi connectivity index (χ1) is 9.13. The van der Waals surface area contributed by atoms with Crippen molar-refractivity contribution < 1.29 is 25.2 Å². The van der Waals surface area contributed by atoms with E-state index < -0.39 is 36.5 Å². The van der Waals surface area contributed by atoms with Crippen LogP contribution in [0.5, 0.6) is 0 Å². The van der Waals surface area contributed by atoms with Crippen molar-refractivity contribution in [3.05, 3.63) is 35.9 Å². The molecule has 0 saturated carbocycles. The van der Waals surface area contributed by atoms with E-state index in [4.69, 9.17) is 9.84 Å². The normalized spacial score (nSPS) is 35.3. The lowest BCUT2D eigenvalue weighted by Gasteiger charge is -2.39. The zero-order valence-electron chi connectivity index (χ0n) is 10.3. The van der Waals surface area contributed by atoms with Crippen LogP contribution in [0, 0.1) is 0 Å². The molecule has 4 N–H and O–H groups in total. The van der Waals surface area contributed by atoms with Crippen molar-refractivity contribution in [2.24, 2.45) is 0 Å². The summed E-state index contributed by atoms with van der Waals surface area (Å²) >= 11 is 1.33. The van der Waals surface area contributed by atoms with E-state index in [1.165, 1.54) is 11.8 Å². The van der Waals surface area contributed by atoms with Gasteiger partial charge in [-0.25, -0.2) is 0 Å². The number of aliphatic hydroxyl groups excluding tert-OH is 4. The van der Waals surface area contributed by atoms with Crippen LogP contribution < -0.4 is 0 Å². The Bertz CT molecular complexity index is 386. The largest absolute Gasteiger partial charge is 0.394 e. The molecule has 1 aliphatic rings. The van der Waals surface area contributed by atoms with Crippen LogP contribution in [-0.2, 0) is 10.5 Å². The zero-order chi connectivity index (χ0) is 13.8. The van der Waals surface area contributed by atoms with E-state index in [1.54, 1.807) is 0 Å². The predicted molar refractivity (Wildman–Crippen MR) is 71.5 cm³/mol. The van der Waals surface area contributed by atoms with E-state index >= 15 is 0 Å². The minimum Gasteiger partial charge on any atom is -0.394 e. The predicted octanol–water partition coefficient (Wildman–Crippen LogP) is -0.280. The summed E-state index contributed by atoms with van der Waals surface area (Å²) in [5.41, 5.74) is 0.403. The first-order valence-electron chi connectivity index (χ1n) is 6.09. The molecular formula is C13H18O5S. The average Bonchev–Trinajstić information content (AvgIpc) is 2.45. The van der Waals surface area contributed by atoms with Gasteiger partial charge in [0.1, 0.15) is 29.9 Å². The van der Waals surface area contributed by atoms with Gasteiger partial charge in [0.25, 0.3) is 0 Å². The lowest BCUT2D eigenvalue weighted by Crippen LogP contribution is -2.57. The third kappa shape index (κ3) is 3.47. The van der Waals surface area contributed by atoms with Gasteiger partial charge >= 0.3 is 0 Å². The van der Waals surface area contributed by atoms with Gasteiger partial charge in [0.05, 0.1) is 6.61 Å². The number of ether oxygens (including phenoxy) is 1. The molecule has 5 nitrogen and oxygen atoms in total. The number of hydrogen-bond acceptors (Lipinski definition) is 6. The average molecular weight is 286 g/mol. The quantitative estimate of drug-likeness (QED) is 0.609. The van der Waals surface area contributed by atoms with Gasteiger partial charge < -0.3 is 25.2 Å². The molecule has 6 heteroatoms. The summed E-state index contributed by atoms with van der Waals surface area (Å²) in [7, 11) is 0. The molecule has 106 valence electrons. The van der Waals surface area contributed by atoms with E-state index in [9.17, 15) is 15.3 Å². The Morgan fingerprint density at radius 1 is 1.00 bits per heavy atom. The summed E-state index contributed by atoms with van der Waals surface area (Å²) in [6.07, 6.45) is -4.62. The van der Waals surface area contributed by atoms with Gasteiger partial charge in [-0.05, 0) is 5.56 Å². The van der Waals surface area contributed by atoms with E-state index in [-0.39, 0.29) is 0 Å². The molecule has 1 heterocycles. The smallest absolute Gasteiger partial charge is 0.132 e. The second-order valence-electron chi connectivity index (χ2n) is 4.49. The molecule has 1 aromatic rings. The lowest BCUT2D eigenvalue weighted by molar-refractivity contribution is -0.205. The van der Waals surface area contributed by atoms with Crippen LogP contribution in [0.2, 0.25) is 0 Å². The Balaban J connectivity index is 1.95. The van der Waals surface area contributed by atoms with Gasteiger partial charge in [0.2, 0.25) is 0 Å². The molecule has 5 atom stereocenters. The van der Waals surface area contributed by atoms with Crippen LogP contribution in [0.4, 0.5) is 0 Å². The number of benzene rings is 1. The molecule has 0 radical (unpaired) electrons. The Morgan fingerprint density at radius 2 is 1.68 bits per heavy atom. The van der Waals surface area contributed by atoms with Crippen molar-refractivity contribution in [1.82, 2.24) is 0 Å². The first kappa shape index (κ1) is 14.8. The molecule has 0 aromatic heterocycles. The summed E-state index contributed by atoms with van der Waals surface area (Å²) in [6, 6.07) is 9.67. The molecule has 2 unspecified atom stereocenters. The van der Waals surface area contributed by atoms with Crippen LogP contribution in [-0.4, -0.2) is 56.9 Å². The Kier molecular flexibility index (Phi) is 5.20. The van der Waals surface area contributed by atoms with Crippen molar-refractivity contribution in [1.29, 1.82) is 0 Å². The monoisotopic (exact) mass is 286 g/mol. The Morgan fingerprint density at radius 3 is 2.32 bits per heavy atom. The summed E-state index contributed by atoms with van der Waals surface area (Å²) in [4.78, 5) is 0. The van der Waals surface area contributed by atoms with Crippen molar-refractivity contribution in [2.75, 3.05) is 6.61 Å². The van der Waals surface area contributed by atoms with E-state index in [0.29, 0.717) is 5.75 Å². The minimum absolute atomic E-state index is 0.395. The Labute approximate surface area is 115 Å². The van der Waals surface area contributed by atoms with Crippen LogP contribution in [0.25, 0.3) is 0 Å². The molecule has 0 bridgehead atoms. The highest BCUT2D eigenvalue weighted by Crippen LogP contribution is 2.30. The molecule has 1 saturated heterocycles. The highest BCUT2D eigenvalue weighted by atomic mass is 32.2. The molecular weight excluding hydrogens is 268 g/mol. The van der Waals surface area contributed by atoms with Gasteiger partial charge in [-0.15, -0.1) is 11.8 Å². The fourth-order valence-corrected chi connectivity index (χ4v) is 3.09. The fraction of sp³-hybridized carbons (Fsp3) is 0.538. The molecule has 0 spiro atoms. The maximum atomic E-state index is 9.86. The number of rotatable bonds is 4. The molecule has 1 aliphatic heterocycles. The molecule has 0 amide bonds. The van der Waals surface area contributed by atoms with E-state index in [2.05, 4.69) is 0 Å². The van der Waals surface area contributed by atoms with Gasteiger partial charge in [0, 0.05) is 5.75 Å². The molecule has 1 aromatic carbocycles. The third-order valence-corrected chi connectivity index (χ3v) is 4.32. The topological polar surface area (TPSA) is 90.2 Å². The molecule has 1 fully saturated rings. The number of hydrogen-bond donors (Lipinski definition) is 4. The first-order valence-corrected chi connectivity index (χ1v) is 7.14. The highest BCUT2D eigenvalue weighted by molar-refractivity contribution is 7.99. The van der Waals surface area contributed by atoms with Crippen molar-refractivity contribution in [3.63, 3.8) is 0 Å². The second kappa shape index (κ2) is 6.69. The summed E-state index contributed by atoms with van der Waals surface area (Å²) in [5.74, 6) is 0.615. The van der Waals surface area contributed by atoms with Gasteiger partial charge in [-0.3, -0.25) is 0 Å². The van der Waals surface area contributed by atoms with Crippen molar-refractivity contribution >= 4 is 11.8 Å². The highest BCUT2D eigenvalue weighted by Gasteiger charge is 2.43. The lowest BCUT2D eigenvalue weighted by atomic mass is 10.0. The third-order valence-electron chi connectivity index (χ3n) is 3.11. The maximum Gasteiger partial charge on any atom is 0.132 e. The number of thioether (sulfide) groups is 1. The summed E-state index contributed by atoms with van der Waals surface area (Å²) in [5, 5.41) is 38.3. The Hall–Kier alpha value is -0.630. The second-order valence-corrected chi connectivity index (χ2v) is 5.58. The maximum absolute atomic E-state index is 9.86. The van der Waals surface area contributed by atoms with Gasteiger partial charge in [0.15, 0.2) is 0 Å². The zero-order valence-corrected chi connectivity index (χ0v) is 11.1. The van der Waals surface area contributed by atoms with Crippen molar-refractivity contribution in [2.45, 2.75) is 35.6 Å². The van der Waals surface area contributed by atoms with E-state index in [1.807, 2.05) is 30.3 Å². The number of aliphatic hydroxyl groups is 4.